The third kappa shape index (κ3) is 3.56. The van der Waals surface area contributed by atoms with Crippen LogP contribution in [0.2, 0.25) is 5.02 Å². The maximum Gasteiger partial charge on any atom is 0.270 e. The third-order valence-electron chi connectivity index (χ3n) is 5.03. The number of carbonyl (C=O) groups excluding carboxylic acids is 2. The van der Waals surface area contributed by atoms with Gasteiger partial charge in [0.1, 0.15) is 5.57 Å². The second-order valence-corrected chi connectivity index (χ2v) is 8.81. The number of fused-ring (bicyclic) bond motifs is 1. The molecule has 154 valence electrons. The molecule has 3 aromatic rings. The molecular weight excluding hydrogens is 452 g/mol. The molecule has 0 radical (unpaired) electrons. The summed E-state index contributed by atoms with van der Waals surface area (Å²) in [4.78, 5) is 32.2. The summed E-state index contributed by atoms with van der Waals surface area (Å²) in [6, 6.07) is 16.4. The van der Waals surface area contributed by atoms with Gasteiger partial charge in [-0.05, 0) is 42.6 Å². The maximum atomic E-state index is 13.3. The van der Waals surface area contributed by atoms with Crippen LogP contribution in [0.5, 0.6) is 0 Å². The first-order valence-electron chi connectivity index (χ1n) is 9.49. The fraction of sp³-hybridized carbons (Fsp3) is 0.0909. The number of nitrogens with zero attached hydrogens (tertiary/aromatic N) is 3. The summed E-state index contributed by atoms with van der Waals surface area (Å²) in [5, 5.41) is 4.07. The van der Waals surface area contributed by atoms with Crippen molar-refractivity contribution in [1.82, 2.24) is 14.9 Å². The first-order chi connectivity index (χ1) is 15.0. The summed E-state index contributed by atoms with van der Waals surface area (Å²) in [6.07, 6.45) is 1.62. The number of rotatable bonds is 3. The lowest BCUT2D eigenvalue weighted by atomic mass is 10.1. The van der Waals surface area contributed by atoms with E-state index in [-0.39, 0.29) is 10.7 Å². The largest absolute Gasteiger partial charge is 0.318 e. The van der Waals surface area contributed by atoms with E-state index in [0.29, 0.717) is 10.7 Å². The molecule has 1 N–H and O–H groups in total. The predicted molar refractivity (Wildman–Crippen MR) is 126 cm³/mol. The topological polar surface area (TPSA) is 67.2 Å². The van der Waals surface area contributed by atoms with Crippen LogP contribution >= 0.6 is 35.6 Å². The van der Waals surface area contributed by atoms with Crippen molar-refractivity contribution in [2.24, 2.45) is 0 Å². The molecular formula is C22H15ClN4O2S2. The van der Waals surface area contributed by atoms with Crippen LogP contribution in [-0.2, 0) is 16.1 Å². The van der Waals surface area contributed by atoms with Gasteiger partial charge in [0.2, 0.25) is 0 Å². The summed E-state index contributed by atoms with van der Waals surface area (Å²) in [7, 11) is 0. The van der Waals surface area contributed by atoms with E-state index in [0.717, 1.165) is 34.4 Å². The van der Waals surface area contributed by atoms with Gasteiger partial charge in [-0.3, -0.25) is 19.8 Å². The van der Waals surface area contributed by atoms with Crippen molar-refractivity contribution in [1.29, 1.82) is 0 Å². The predicted octanol–water partition coefficient (Wildman–Crippen LogP) is 4.14. The lowest BCUT2D eigenvalue weighted by Crippen LogP contribution is -2.54. The highest BCUT2D eigenvalue weighted by molar-refractivity contribution is 7.99. The number of anilines is 1. The van der Waals surface area contributed by atoms with Gasteiger partial charge in [0, 0.05) is 22.9 Å². The van der Waals surface area contributed by atoms with Crippen LogP contribution in [-0.4, -0.2) is 32.2 Å². The van der Waals surface area contributed by atoms with Crippen molar-refractivity contribution in [2.45, 2.75) is 11.7 Å². The average Bonchev–Trinajstić information content (AvgIpc) is 3.35. The van der Waals surface area contributed by atoms with Crippen LogP contribution in [0.1, 0.15) is 5.69 Å². The smallest absolute Gasteiger partial charge is 0.270 e. The Labute approximate surface area is 192 Å². The highest BCUT2D eigenvalue weighted by atomic mass is 35.5. The molecule has 5 rings (SSSR count). The lowest BCUT2D eigenvalue weighted by molar-refractivity contribution is -0.122. The number of halogens is 1. The Balaban J connectivity index is 1.62. The van der Waals surface area contributed by atoms with Crippen molar-refractivity contribution in [3.8, 4) is 11.3 Å². The van der Waals surface area contributed by atoms with E-state index in [1.807, 2.05) is 34.9 Å². The van der Waals surface area contributed by atoms with Crippen LogP contribution in [0.15, 0.2) is 65.3 Å². The Kier molecular flexibility index (Phi) is 5.13. The number of aromatic nitrogens is 2. The van der Waals surface area contributed by atoms with Crippen molar-refractivity contribution < 1.29 is 9.59 Å². The van der Waals surface area contributed by atoms with Gasteiger partial charge in [0.05, 0.1) is 17.1 Å². The number of hydrogen-bond acceptors (Lipinski definition) is 5. The molecule has 2 aliphatic rings. The van der Waals surface area contributed by atoms with Gasteiger partial charge in [-0.25, -0.2) is 4.98 Å². The summed E-state index contributed by atoms with van der Waals surface area (Å²) < 4.78 is 2.04. The molecule has 0 spiro atoms. The standard InChI is InChI=1S/C22H15ClN4O2S2/c23-14-6-8-15(9-7-14)27-20(29)16(19(28)25-21(27)30)12-17-18(13-4-2-1-3-5-13)24-22-26(17)10-11-31-22/h1-9,12H,10-11H2,(H,25,28,30). The fourth-order valence-electron chi connectivity index (χ4n) is 3.57. The normalized spacial score (nSPS) is 17.3. The second kappa shape index (κ2) is 7.96. The number of thioether (sulfide) groups is 1. The highest BCUT2D eigenvalue weighted by Crippen LogP contribution is 2.35. The van der Waals surface area contributed by atoms with E-state index in [2.05, 4.69) is 5.32 Å². The Bertz CT molecular complexity index is 1250. The Hall–Kier alpha value is -2.94. The second-order valence-electron chi connectivity index (χ2n) is 6.93. The van der Waals surface area contributed by atoms with E-state index in [1.165, 1.54) is 4.90 Å². The molecule has 6 nitrogen and oxygen atoms in total. The minimum atomic E-state index is -0.527. The zero-order valence-electron chi connectivity index (χ0n) is 16.0. The van der Waals surface area contributed by atoms with Gasteiger partial charge in [0.25, 0.3) is 11.8 Å². The highest BCUT2D eigenvalue weighted by Gasteiger charge is 2.35. The van der Waals surface area contributed by atoms with Crippen molar-refractivity contribution in [3.05, 3.63) is 70.9 Å². The molecule has 2 aliphatic heterocycles. The Morgan fingerprint density at radius 2 is 1.84 bits per heavy atom. The first-order valence-corrected chi connectivity index (χ1v) is 11.3. The van der Waals surface area contributed by atoms with Gasteiger partial charge in [0.15, 0.2) is 10.3 Å². The van der Waals surface area contributed by atoms with E-state index in [1.54, 1.807) is 42.1 Å². The van der Waals surface area contributed by atoms with E-state index in [4.69, 9.17) is 28.8 Å². The molecule has 0 aliphatic carbocycles. The number of hydrogen-bond donors (Lipinski definition) is 1. The molecule has 9 heteroatoms. The number of thiocarbonyl (C=S) groups is 1. The van der Waals surface area contributed by atoms with Gasteiger partial charge in [-0.2, -0.15) is 0 Å². The maximum absolute atomic E-state index is 13.3. The molecule has 1 saturated heterocycles. The molecule has 0 bridgehead atoms. The molecule has 31 heavy (non-hydrogen) atoms. The minimum absolute atomic E-state index is 0.000307. The van der Waals surface area contributed by atoms with Crippen molar-refractivity contribution in [3.63, 3.8) is 0 Å². The van der Waals surface area contributed by atoms with Gasteiger partial charge in [-0.1, -0.05) is 53.7 Å². The first kappa shape index (κ1) is 20.0. The fourth-order valence-corrected chi connectivity index (χ4v) is 4.94. The Morgan fingerprint density at radius 3 is 2.58 bits per heavy atom. The molecule has 1 aromatic heterocycles. The number of carbonyl (C=O) groups is 2. The molecule has 0 saturated carbocycles. The zero-order chi connectivity index (χ0) is 21.5. The quantitative estimate of drug-likeness (QED) is 0.357. The monoisotopic (exact) mass is 466 g/mol. The number of amides is 2. The van der Waals surface area contributed by atoms with Crippen LogP contribution in [0.25, 0.3) is 17.3 Å². The number of nitrogens with one attached hydrogen (secondary N) is 1. The molecule has 2 aromatic carbocycles. The average molecular weight is 467 g/mol. The van der Waals surface area contributed by atoms with Crippen LogP contribution in [0, 0.1) is 0 Å². The Morgan fingerprint density at radius 1 is 1.10 bits per heavy atom. The van der Waals surface area contributed by atoms with Gasteiger partial charge in [-0.15, -0.1) is 0 Å². The zero-order valence-corrected chi connectivity index (χ0v) is 18.4. The summed E-state index contributed by atoms with van der Waals surface area (Å²) in [5.74, 6) is -0.119. The summed E-state index contributed by atoms with van der Waals surface area (Å²) >= 11 is 12.9. The van der Waals surface area contributed by atoms with Crippen molar-refractivity contribution in [2.75, 3.05) is 10.7 Å². The van der Waals surface area contributed by atoms with Gasteiger partial charge >= 0.3 is 0 Å². The molecule has 0 atom stereocenters. The van der Waals surface area contributed by atoms with Crippen LogP contribution in [0.3, 0.4) is 0 Å². The summed E-state index contributed by atoms with van der Waals surface area (Å²) in [5.41, 5.74) is 2.92. The molecule has 3 heterocycles. The lowest BCUT2D eigenvalue weighted by Gasteiger charge is -2.29. The van der Waals surface area contributed by atoms with E-state index in [9.17, 15) is 9.59 Å². The number of benzene rings is 2. The minimum Gasteiger partial charge on any atom is -0.318 e. The molecule has 1 fully saturated rings. The van der Waals surface area contributed by atoms with Crippen molar-refractivity contribution >= 4 is 64.3 Å². The van der Waals surface area contributed by atoms with Crippen LogP contribution in [0.4, 0.5) is 5.69 Å². The summed E-state index contributed by atoms with van der Waals surface area (Å²) in [6.45, 7) is 0.758. The SMILES string of the molecule is O=C1NC(=S)N(c2ccc(Cl)cc2)C(=O)C1=Cc1c(-c2ccccc2)nc2n1CCS2. The van der Waals surface area contributed by atoms with E-state index >= 15 is 0 Å². The van der Waals surface area contributed by atoms with E-state index < -0.39 is 11.8 Å². The van der Waals surface area contributed by atoms with Gasteiger partial charge < -0.3 is 4.57 Å². The van der Waals surface area contributed by atoms with Crippen LogP contribution < -0.4 is 10.2 Å². The molecule has 0 unspecified atom stereocenters. The molecule has 2 amide bonds. The third-order valence-corrected chi connectivity index (χ3v) is 6.53. The number of imidazole rings is 1.